The zero-order valence-corrected chi connectivity index (χ0v) is 13.3. The van der Waals surface area contributed by atoms with Crippen LogP contribution in [-0.2, 0) is 4.79 Å². The topological polar surface area (TPSA) is 60.7 Å². The Balaban J connectivity index is 1.93. The van der Waals surface area contributed by atoms with Crippen molar-refractivity contribution in [3.63, 3.8) is 0 Å². The molecule has 1 amide bonds. The molecule has 3 N–H and O–H groups in total. The maximum Gasteiger partial charge on any atom is 0.251 e. The number of hydrogen-bond donors (Lipinski definition) is 3. The first kappa shape index (κ1) is 14.3. The van der Waals surface area contributed by atoms with Gasteiger partial charge in [0.2, 0.25) is 0 Å². The van der Waals surface area contributed by atoms with E-state index in [1.807, 2.05) is 67.0 Å². The number of para-hydroxylation sites is 2. The minimum Gasteiger partial charge on any atom is -0.361 e. The van der Waals surface area contributed by atoms with Gasteiger partial charge in [0, 0.05) is 57.9 Å². The van der Waals surface area contributed by atoms with Gasteiger partial charge < -0.3 is 15.3 Å². The van der Waals surface area contributed by atoms with Gasteiger partial charge in [0.05, 0.1) is 0 Å². The van der Waals surface area contributed by atoms with Gasteiger partial charge in [0.1, 0.15) is 0 Å². The fourth-order valence-electron chi connectivity index (χ4n) is 3.06. The first-order valence-corrected chi connectivity index (χ1v) is 7.84. The molecule has 2 aromatic carbocycles. The average molecular weight is 315 g/mol. The number of nitrogens with one attached hydrogen (secondary N) is 3. The van der Waals surface area contributed by atoms with Crippen LogP contribution in [0.2, 0.25) is 0 Å². The van der Waals surface area contributed by atoms with Gasteiger partial charge in [-0.1, -0.05) is 36.4 Å². The lowest BCUT2D eigenvalue weighted by Gasteiger charge is -2.05. The van der Waals surface area contributed by atoms with Crippen molar-refractivity contribution in [3.05, 3.63) is 72.1 Å². The molecule has 0 atom stereocenters. The van der Waals surface area contributed by atoms with Gasteiger partial charge in [-0.25, -0.2) is 0 Å². The van der Waals surface area contributed by atoms with E-state index < -0.39 is 0 Å². The molecule has 0 aliphatic rings. The first-order chi connectivity index (χ1) is 11.8. The van der Waals surface area contributed by atoms with E-state index in [0.29, 0.717) is 5.57 Å². The number of hydrogen-bond acceptors (Lipinski definition) is 1. The largest absolute Gasteiger partial charge is 0.361 e. The Labute approximate surface area is 139 Å². The molecule has 2 aromatic heterocycles. The summed E-state index contributed by atoms with van der Waals surface area (Å²) in [5, 5.41) is 4.88. The van der Waals surface area contributed by atoms with E-state index in [4.69, 9.17) is 0 Å². The average Bonchev–Trinajstić information content (AvgIpc) is 3.23. The fourth-order valence-corrected chi connectivity index (χ4v) is 3.06. The van der Waals surface area contributed by atoms with Crippen LogP contribution in [0.3, 0.4) is 0 Å². The summed E-state index contributed by atoms with van der Waals surface area (Å²) < 4.78 is 0. The molecule has 0 spiro atoms. The molecular weight excluding hydrogens is 298 g/mol. The van der Waals surface area contributed by atoms with Crippen LogP contribution in [0, 0.1) is 0 Å². The lowest BCUT2D eigenvalue weighted by molar-refractivity contribution is -0.115. The van der Waals surface area contributed by atoms with Gasteiger partial charge in [-0.15, -0.1) is 0 Å². The van der Waals surface area contributed by atoms with Crippen molar-refractivity contribution >= 4 is 39.4 Å². The summed E-state index contributed by atoms with van der Waals surface area (Å²) in [7, 11) is 1.65. The molecular formula is C20H17N3O. The third-order valence-electron chi connectivity index (χ3n) is 4.27. The highest BCUT2D eigenvalue weighted by Crippen LogP contribution is 2.29. The summed E-state index contributed by atoms with van der Waals surface area (Å²) in [6.45, 7) is 0. The second-order valence-corrected chi connectivity index (χ2v) is 5.67. The predicted octanol–water partition coefficient (Wildman–Crippen LogP) is 3.94. The molecule has 4 rings (SSSR count). The third-order valence-corrected chi connectivity index (χ3v) is 4.27. The highest BCUT2D eigenvalue weighted by Gasteiger charge is 2.15. The van der Waals surface area contributed by atoms with Gasteiger partial charge in [-0.05, 0) is 18.2 Å². The van der Waals surface area contributed by atoms with Crippen LogP contribution in [0.15, 0.2) is 60.9 Å². The van der Waals surface area contributed by atoms with Crippen molar-refractivity contribution < 1.29 is 4.79 Å². The van der Waals surface area contributed by atoms with Crippen molar-refractivity contribution in [2.45, 2.75) is 0 Å². The number of rotatable bonds is 3. The normalized spacial score (nSPS) is 12.0. The van der Waals surface area contributed by atoms with Crippen molar-refractivity contribution in [1.29, 1.82) is 0 Å². The summed E-state index contributed by atoms with van der Waals surface area (Å²) in [5.41, 5.74) is 4.60. The highest BCUT2D eigenvalue weighted by atomic mass is 16.1. The number of likely N-dealkylation sites (N-methyl/N-ethyl adjacent to an activating group) is 1. The van der Waals surface area contributed by atoms with Crippen LogP contribution in [0.4, 0.5) is 0 Å². The summed E-state index contributed by atoms with van der Waals surface area (Å²) >= 11 is 0. The number of fused-ring (bicyclic) bond motifs is 2. The number of carbonyl (C=O) groups is 1. The van der Waals surface area contributed by atoms with Crippen molar-refractivity contribution in [2.75, 3.05) is 7.05 Å². The van der Waals surface area contributed by atoms with Crippen LogP contribution < -0.4 is 5.32 Å². The molecule has 0 bridgehead atoms. The van der Waals surface area contributed by atoms with Crippen molar-refractivity contribution in [2.24, 2.45) is 0 Å². The molecule has 118 valence electrons. The molecule has 0 unspecified atom stereocenters. The minimum absolute atomic E-state index is 0.106. The van der Waals surface area contributed by atoms with Gasteiger partial charge in [0.15, 0.2) is 0 Å². The maximum atomic E-state index is 12.5. The Hall–Kier alpha value is -3.27. The van der Waals surface area contributed by atoms with E-state index in [2.05, 4.69) is 15.3 Å². The van der Waals surface area contributed by atoms with Crippen LogP contribution in [-0.4, -0.2) is 22.9 Å². The standard InChI is InChI=1S/C20H17N3O/c1-21-20(24)16(17-12-23-19-9-5-3-7-15(17)19)10-13-11-22-18-8-4-2-6-14(13)18/h2-12,22-23H,1H3,(H,21,24)/b16-10+. The van der Waals surface area contributed by atoms with E-state index in [9.17, 15) is 4.79 Å². The van der Waals surface area contributed by atoms with Crippen LogP contribution in [0.5, 0.6) is 0 Å². The number of aromatic amines is 2. The molecule has 0 fully saturated rings. The molecule has 24 heavy (non-hydrogen) atoms. The first-order valence-electron chi connectivity index (χ1n) is 7.84. The molecule has 4 nitrogen and oxygen atoms in total. The lowest BCUT2D eigenvalue weighted by atomic mass is 10.0. The molecule has 4 aromatic rings. The van der Waals surface area contributed by atoms with E-state index in [-0.39, 0.29) is 5.91 Å². The van der Waals surface area contributed by atoms with Crippen LogP contribution in [0.25, 0.3) is 33.5 Å². The Morgan fingerprint density at radius 2 is 1.54 bits per heavy atom. The van der Waals surface area contributed by atoms with E-state index in [1.54, 1.807) is 7.05 Å². The Bertz CT molecular complexity index is 1070. The van der Waals surface area contributed by atoms with Crippen molar-refractivity contribution in [1.82, 2.24) is 15.3 Å². The van der Waals surface area contributed by atoms with E-state index in [0.717, 1.165) is 32.9 Å². The van der Waals surface area contributed by atoms with Crippen LogP contribution in [0.1, 0.15) is 11.1 Å². The molecule has 0 saturated carbocycles. The molecule has 0 aliphatic carbocycles. The Morgan fingerprint density at radius 1 is 0.917 bits per heavy atom. The number of H-pyrrole nitrogens is 2. The van der Waals surface area contributed by atoms with Crippen LogP contribution >= 0.6 is 0 Å². The number of benzene rings is 2. The fraction of sp³-hybridized carbons (Fsp3) is 0.0500. The zero-order chi connectivity index (χ0) is 16.5. The number of amides is 1. The van der Waals surface area contributed by atoms with E-state index >= 15 is 0 Å². The molecule has 0 aliphatic heterocycles. The van der Waals surface area contributed by atoms with Gasteiger partial charge in [-0.3, -0.25) is 4.79 Å². The van der Waals surface area contributed by atoms with Gasteiger partial charge in [-0.2, -0.15) is 0 Å². The minimum atomic E-state index is -0.106. The van der Waals surface area contributed by atoms with Crippen molar-refractivity contribution in [3.8, 4) is 0 Å². The Morgan fingerprint density at radius 3 is 2.29 bits per heavy atom. The number of carbonyl (C=O) groups excluding carboxylic acids is 1. The SMILES string of the molecule is CNC(=O)/C(=C/c1c[nH]c2ccccc12)c1c[nH]c2ccccc12. The second-order valence-electron chi connectivity index (χ2n) is 5.67. The third kappa shape index (κ3) is 2.29. The second kappa shape index (κ2) is 5.74. The monoisotopic (exact) mass is 315 g/mol. The Kier molecular flexibility index (Phi) is 3.43. The quantitative estimate of drug-likeness (QED) is 0.493. The van der Waals surface area contributed by atoms with E-state index in [1.165, 1.54) is 0 Å². The summed E-state index contributed by atoms with van der Waals surface area (Å²) in [4.78, 5) is 19.0. The maximum absolute atomic E-state index is 12.5. The number of aromatic nitrogens is 2. The summed E-state index contributed by atoms with van der Waals surface area (Å²) in [6.07, 6.45) is 5.76. The summed E-state index contributed by atoms with van der Waals surface area (Å²) in [6, 6.07) is 16.0. The smallest absolute Gasteiger partial charge is 0.251 e. The summed E-state index contributed by atoms with van der Waals surface area (Å²) in [5.74, 6) is -0.106. The van der Waals surface area contributed by atoms with Gasteiger partial charge in [0.25, 0.3) is 5.91 Å². The zero-order valence-electron chi connectivity index (χ0n) is 13.3. The predicted molar refractivity (Wildman–Crippen MR) is 98.5 cm³/mol. The molecule has 4 heteroatoms. The van der Waals surface area contributed by atoms with Gasteiger partial charge >= 0.3 is 0 Å². The molecule has 2 heterocycles. The lowest BCUT2D eigenvalue weighted by Crippen LogP contribution is -2.19. The molecule has 0 radical (unpaired) electrons. The molecule has 0 saturated heterocycles. The highest BCUT2D eigenvalue weighted by molar-refractivity contribution is 6.27.